The molecule has 0 spiro atoms. The van der Waals surface area contributed by atoms with E-state index < -0.39 is 5.60 Å². The van der Waals surface area contributed by atoms with E-state index in [9.17, 15) is 0 Å². The number of benzene rings is 3. The van der Waals surface area contributed by atoms with Crippen LogP contribution in [0.3, 0.4) is 0 Å². The lowest BCUT2D eigenvalue weighted by molar-refractivity contribution is -0.0395. The van der Waals surface area contributed by atoms with Gasteiger partial charge in [0.2, 0.25) is 0 Å². The quantitative estimate of drug-likeness (QED) is 0.117. The summed E-state index contributed by atoms with van der Waals surface area (Å²) in [5.74, 6) is 0. The van der Waals surface area contributed by atoms with Gasteiger partial charge in [-0.15, -0.1) is 0 Å². The summed E-state index contributed by atoms with van der Waals surface area (Å²) < 4.78 is 40.0. The summed E-state index contributed by atoms with van der Waals surface area (Å²) in [6, 6.07) is 31.0. The second-order valence-corrected chi connectivity index (χ2v) is 9.41. The zero-order valence-corrected chi connectivity index (χ0v) is 24.9. The Hall–Kier alpha value is -2.66. The van der Waals surface area contributed by atoms with E-state index in [1.807, 2.05) is 61.6 Å². The van der Waals surface area contributed by atoms with Gasteiger partial charge in [-0.25, -0.2) is 0 Å². The van der Waals surface area contributed by atoms with Crippen LogP contribution in [0.1, 0.15) is 16.7 Å². The highest BCUT2D eigenvalue weighted by atomic mass is 16.6. The van der Waals surface area contributed by atoms with E-state index in [1.165, 1.54) is 0 Å². The molecule has 3 aromatic carbocycles. The number of hydrogen-bond donors (Lipinski definition) is 1. The zero-order chi connectivity index (χ0) is 29.4. The Kier molecular flexibility index (Phi) is 17.7. The van der Waals surface area contributed by atoms with Crippen LogP contribution in [0.25, 0.3) is 0 Å². The first-order chi connectivity index (χ1) is 20.9. The van der Waals surface area contributed by atoms with Crippen LogP contribution in [0.4, 0.5) is 0 Å². The number of likely N-dealkylation sites (N-methyl/N-ethyl adjacent to an activating group) is 1. The first-order valence-corrected chi connectivity index (χ1v) is 14.8. The second kappa shape index (κ2) is 22.0. The van der Waals surface area contributed by atoms with Crippen LogP contribution < -0.4 is 5.32 Å². The maximum atomic E-state index is 6.71. The summed E-state index contributed by atoms with van der Waals surface area (Å²) in [6.45, 7) is 7.76. The van der Waals surface area contributed by atoms with Gasteiger partial charge in [-0.2, -0.15) is 0 Å². The third-order valence-corrected chi connectivity index (χ3v) is 6.44. The van der Waals surface area contributed by atoms with Crippen molar-refractivity contribution >= 4 is 0 Å². The van der Waals surface area contributed by atoms with Gasteiger partial charge in [0.15, 0.2) is 0 Å². The van der Waals surface area contributed by atoms with Gasteiger partial charge in [0.05, 0.1) is 85.9 Å². The molecule has 0 aromatic heterocycles. The largest absolute Gasteiger partial charge is 0.378 e. The summed E-state index contributed by atoms with van der Waals surface area (Å²) in [5, 5.41) is 3.03. The van der Waals surface area contributed by atoms with Gasteiger partial charge in [0.25, 0.3) is 0 Å². The Morgan fingerprint density at radius 1 is 0.405 bits per heavy atom. The summed E-state index contributed by atoms with van der Waals surface area (Å²) in [7, 11) is 1.90. The van der Waals surface area contributed by atoms with Crippen molar-refractivity contribution in [2.75, 3.05) is 99.5 Å². The molecule has 3 aromatic rings. The molecule has 230 valence electrons. The number of rotatable bonds is 25. The van der Waals surface area contributed by atoms with Crippen LogP contribution >= 0.6 is 0 Å². The van der Waals surface area contributed by atoms with Gasteiger partial charge in [-0.1, -0.05) is 91.0 Å². The fourth-order valence-electron chi connectivity index (χ4n) is 4.40. The lowest BCUT2D eigenvalue weighted by atomic mass is 9.80. The van der Waals surface area contributed by atoms with E-state index in [-0.39, 0.29) is 0 Å². The summed E-state index contributed by atoms with van der Waals surface area (Å²) in [6.07, 6.45) is 0. The maximum absolute atomic E-state index is 6.71. The van der Waals surface area contributed by atoms with Gasteiger partial charge in [0, 0.05) is 6.54 Å². The molecular weight excluding hydrogens is 534 g/mol. The average Bonchev–Trinajstić information content (AvgIpc) is 3.05. The molecule has 42 heavy (non-hydrogen) atoms. The van der Waals surface area contributed by atoms with Crippen LogP contribution in [0.2, 0.25) is 0 Å². The highest BCUT2D eigenvalue weighted by molar-refractivity contribution is 5.47. The van der Waals surface area contributed by atoms with Gasteiger partial charge >= 0.3 is 0 Å². The Morgan fingerprint density at radius 3 is 1.00 bits per heavy atom. The molecule has 0 aliphatic rings. The predicted molar refractivity (Wildman–Crippen MR) is 164 cm³/mol. The maximum Gasteiger partial charge on any atom is 0.143 e. The smallest absolute Gasteiger partial charge is 0.143 e. The molecule has 0 aliphatic heterocycles. The van der Waals surface area contributed by atoms with E-state index >= 15 is 0 Å². The van der Waals surface area contributed by atoms with E-state index in [2.05, 4.69) is 41.7 Å². The number of ether oxygens (including phenoxy) is 7. The van der Waals surface area contributed by atoms with Crippen molar-refractivity contribution in [2.24, 2.45) is 0 Å². The third kappa shape index (κ3) is 12.3. The molecule has 0 heterocycles. The number of hydrogen-bond acceptors (Lipinski definition) is 8. The normalized spacial score (nSPS) is 11.6. The Labute approximate surface area is 251 Å². The molecule has 0 fully saturated rings. The van der Waals surface area contributed by atoms with Crippen LogP contribution in [0.15, 0.2) is 91.0 Å². The Bertz CT molecular complexity index is 927. The van der Waals surface area contributed by atoms with E-state index in [0.717, 1.165) is 23.2 Å². The lowest BCUT2D eigenvalue weighted by Crippen LogP contribution is -2.34. The first kappa shape index (κ1) is 33.8. The van der Waals surface area contributed by atoms with Gasteiger partial charge in [-0.05, 0) is 23.7 Å². The predicted octanol–water partition coefficient (Wildman–Crippen LogP) is 4.31. The number of nitrogens with one attached hydrogen (secondary N) is 1. The van der Waals surface area contributed by atoms with Crippen LogP contribution in [0, 0.1) is 0 Å². The third-order valence-electron chi connectivity index (χ3n) is 6.44. The molecule has 0 radical (unpaired) electrons. The molecule has 8 nitrogen and oxygen atoms in total. The van der Waals surface area contributed by atoms with Crippen molar-refractivity contribution in [1.29, 1.82) is 0 Å². The molecule has 0 saturated carbocycles. The molecule has 0 unspecified atom stereocenters. The first-order valence-electron chi connectivity index (χ1n) is 14.8. The molecular formula is C34H47NO7. The highest BCUT2D eigenvalue weighted by Crippen LogP contribution is 2.40. The van der Waals surface area contributed by atoms with Crippen molar-refractivity contribution in [3.05, 3.63) is 108 Å². The fourth-order valence-corrected chi connectivity index (χ4v) is 4.40. The minimum absolute atomic E-state index is 0.428. The Morgan fingerprint density at radius 2 is 0.690 bits per heavy atom. The molecule has 0 saturated heterocycles. The fraction of sp³-hybridized carbons (Fsp3) is 0.471. The molecule has 3 rings (SSSR count). The monoisotopic (exact) mass is 581 g/mol. The standard InChI is InChI=1S/C34H47NO7/c1-35-17-18-36-19-20-37-21-22-38-23-24-39-25-26-40-27-28-41-29-30-42-34(31-11-5-2-6-12-31,32-13-7-3-8-14-32)33-15-9-4-10-16-33/h2-16,35H,17-30H2,1H3. The van der Waals surface area contributed by atoms with Gasteiger partial charge < -0.3 is 38.5 Å². The van der Waals surface area contributed by atoms with Gasteiger partial charge in [-0.3, -0.25) is 0 Å². The molecule has 0 amide bonds. The van der Waals surface area contributed by atoms with Crippen molar-refractivity contribution in [3.63, 3.8) is 0 Å². The molecule has 8 heteroatoms. The summed E-state index contributed by atoms with van der Waals surface area (Å²) >= 11 is 0. The van der Waals surface area contributed by atoms with Crippen LogP contribution in [0.5, 0.6) is 0 Å². The minimum Gasteiger partial charge on any atom is -0.378 e. The van der Waals surface area contributed by atoms with Crippen LogP contribution in [-0.4, -0.2) is 99.5 Å². The van der Waals surface area contributed by atoms with Crippen molar-refractivity contribution in [3.8, 4) is 0 Å². The summed E-state index contributed by atoms with van der Waals surface area (Å²) in [5.41, 5.74) is 2.49. The molecule has 1 N–H and O–H groups in total. The summed E-state index contributed by atoms with van der Waals surface area (Å²) in [4.78, 5) is 0. The van der Waals surface area contributed by atoms with E-state index in [1.54, 1.807) is 0 Å². The van der Waals surface area contributed by atoms with Crippen LogP contribution in [-0.2, 0) is 38.8 Å². The molecule has 0 atom stereocenters. The molecule has 0 aliphatic carbocycles. The lowest BCUT2D eigenvalue weighted by Gasteiger charge is -2.36. The molecule has 0 bridgehead atoms. The topological polar surface area (TPSA) is 76.6 Å². The average molecular weight is 582 g/mol. The zero-order valence-electron chi connectivity index (χ0n) is 24.9. The minimum atomic E-state index is -0.737. The van der Waals surface area contributed by atoms with E-state index in [0.29, 0.717) is 85.9 Å². The highest BCUT2D eigenvalue weighted by Gasteiger charge is 2.37. The SMILES string of the molecule is CNCCOCCOCCOCCOCCOCCOCCOC(c1ccccc1)(c1ccccc1)c1ccccc1. The van der Waals surface area contributed by atoms with Crippen molar-refractivity contribution < 1.29 is 33.2 Å². The van der Waals surface area contributed by atoms with Crippen molar-refractivity contribution in [1.82, 2.24) is 5.32 Å². The van der Waals surface area contributed by atoms with E-state index in [4.69, 9.17) is 33.2 Å². The Balaban J connectivity index is 1.26. The second-order valence-electron chi connectivity index (χ2n) is 9.41. The van der Waals surface area contributed by atoms with Gasteiger partial charge in [0.1, 0.15) is 5.60 Å². The van der Waals surface area contributed by atoms with Crippen molar-refractivity contribution in [2.45, 2.75) is 5.60 Å².